The number of aryl methyl sites for hydroxylation is 2. The highest BCUT2D eigenvalue weighted by molar-refractivity contribution is 6.18. The summed E-state index contributed by atoms with van der Waals surface area (Å²) < 4.78 is 38.3. The first-order valence-electron chi connectivity index (χ1n) is 5.17. The fourth-order valence-corrected chi connectivity index (χ4v) is 1.75. The standard InChI is InChI=1S/C10H13ClF3N3O/c1-7-5-8(16(2)15-7)9(18)17(4-3-11)6-10(12,13)14/h5H,3-4,6H2,1-2H3. The lowest BCUT2D eigenvalue weighted by molar-refractivity contribution is -0.140. The Kier molecular flexibility index (Phi) is 4.61. The third kappa shape index (κ3) is 3.90. The van der Waals surface area contributed by atoms with Crippen LogP contribution < -0.4 is 0 Å². The van der Waals surface area contributed by atoms with Gasteiger partial charge < -0.3 is 4.90 Å². The summed E-state index contributed by atoms with van der Waals surface area (Å²) in [5, 5.41) is 3.93. The van der Waals surface area contributed by atoms with E-state index in [4.69, 9.17) is 11.6 Å². The van der Waals surface area contributed by atoms with E-state index in [1.54, 1.807) is 6.92 Å². The Morgan fingerprint density at radius 2 is 2.17 bits per heavy atom. The Labute approximate surface area is 107 Å². The topological polar surface area (TPSA) is 38.1 Å². The summed E-state index contributed by atoms with van der Waals surface area (Å²) in [5.74, 6) is -0.783. The lowest BCUT2D eigenvalue weighted by atomic mass is 10.3. The second kappa shape index (κ2) is 5.60. The van der Waals surface area contributed by atoms with Gasteiger partial charge in [0.05, 0.1) is 5.69 Å². The van der Waals surface area contributed by atoms with E-state index < -0.39 is 18.6 Å². The van der Waals surface area contributed by atoms with Crippen molar-refractivity contribution in [1.29, 1.82) is 0 Å². The molecule has 0 bridgehead atoms. The highest BCUT2D eigenvalue weighted by Gasteiger charge is 2.33. The Morgan fingerprint density at radius 3 is 2.56 bits per heavy atom. The van der Waals surface area contributed by atoms with Crippen LogP contribution in [0.1, 0.15) is 16.2 Å². The van der Waals surface area contributed by atoms with Crippen LogP contribution in [-0.2, 0) is 7.05 Å². The van der Waals surface area contributed by atoms with Gasteiger partial charge in [0.2, 0.25) is 0 Å². The van der Waals surface area contributed by atoms with Crippen LogP contribution in [0, 0.1) is 6.92 Å². The zero-order valence-electron chi connectivity index (χ0n) is 9.96. The predicted molar refractivity (Wildman–Crippen MR) is 60.6 cm³/mol. The Morgan fingerprint density at radius 1 is 1.56 bits per heavy atom. The van der Waals surface area contributed by atoms with Crippen molar-refractivity contribution < 1.29 is 18.0 Å². The molecule has 8 heteroatoms. The largest absolute Gasteiger partial charge is 0.406 e. The molecular weight excluding hydrogens is 271 g/mol. The maximum absolute atomic E-state index is 12.4. The van der Waals surface area contributed by atoms with Crippen LogP contribution in [0.15, 0.2) is 6.07 Å². The smallest absolute Gasteiger partial charge is 0.327 e. The quantitative estimate of drug-likeness (QED) is 0.793. The van der Waals surface area contributed by atoms with E-state index in [0.717, 1.165) is 0 Å². The van der Waals surface area contributed by atoms with Gasteiger partial charge in [-0.15, -0.1) is 11.6 Å². The zero-order chi connectivity index (χ0) is 13.9. The monoisotopic (exact) mass is 283 g/mol. The minimum absolute atomic E-state index is 0.0569. The van der Waals surface area contributed by atoms with Crippen LogP contribution in [-0.4, -0.2) is 45.7 Å². The van der Waals surface area contributed by atoms with Gasteiger partial charge in [-0.2, -0.15) is 18.3 Å². The molecule has 0 spiro atoms. The molecule has 1 aromatic rings. The fourth-order valence-electron chi connectivity index (χ4n) is 1.54. The molecule has 1 aromatic heterocycles. The number of rotatable bonds is 4. The van der Waals surface area contributed by atoms with Crippen LogP contribution in [0.5, 0.6) is 0 Å². The highest BCUT2D eigenvalue weighted by Crippen LogP contribution is 2.18. The van der Waals surface area contributed by atoms with E-state index in [-0.39, 0.29) is 18.1 Å². The van der Waals surface area contributed by atoms with Crippen molar-refractivity contribution in [3.05, 3.63) is 17.5 Å². The first-order chi connectivity index (χ1) is 8.24. The lowest BCUT2D eigenvalue weighted by Crippen LogP contribution is -2.40. The van der Waals surface area contributed by atoms with Crippen molar-refractivity contribution in [1.82, 2.24) is 14.7 Å². The molecule has 0 aliphatic rings. The summed E-state index contributed by atoms with van der Waals surface area (Å²) in [7, 11) is 1.51. The van der Waals surface area contributed by atoms with Gasteiger partial charge in [0.1, 0.15) is 12.2 Å². The van der Waals surface area contributed by atoms with Crippen molar-refractivity contribution in [3.63, 3.8) is 0 Å². The first-order valence-corrected chi connectivity index (χ1v) is 5.70. The van der Waals surface area contributed by atoms with Crippen molar-refractivity contribution >= 4 is 17.5 Å². The molecule has 0 aromatic carbocycles. The molecule has 1 rings (SSSR count). The molecule has 18 heavy (non-hydrogen) atoms. The van der Waals surface area contributed by atoms with Gasteiger partial charge in [-0.05, 0) is 13.0 Å². The molecule has 0 saturated carbocycles. The minimum atomic E-state index is -4.45. The Hall–Kier alpha value is -1.24. The summed E-state index contributed by atoms with van der Waals surface area (Å²) in [6, 6.07) is 1.44. The average molecular weight is 284 g/mol. The van der Waals surface area contributed by atoms with Crippen molar-refractivity contribution in [2.45, 2.75) is 13.1 Å². The molecule has 0 atom stereocenters. The second-order valence-electron chi connectivity index (χ2n) is 3.83. The van der Waals surface area contributed by atoms with Gasteiger partial charge in [0.15, 0.2) is 0 Å². The second-order valence-corrected chi connectivity index (χ2v) is 4.20. The molecule has 0 aliphatic carbocycles. The number of carbonyl (C=O) groups excluding carboxylic acids is 1. The van der Waals surface area contributed by atoms with Crippen molar-refractivity contribution in [2.24, 2.45) is 7.05 Å². The number of aromatic nitrogens is 2. The van der Waals surface area contributed by atoms with Gasteiger partial charge in [0.25, 0.3) is 5.91 Å². The molecule has 102 valence electrons. The fraction of sp³-hybridized carbons (Fsp3) is 0.600. The summed E-state index contributed by atoms with van der Waals surface area (Å²) in [5.41, 5.74) is 0.681. The number of amides is 1. The maximum atomic E-state index is 12.4. The molecule has 1 heterocycles. The van der Waals surface area contributed by atoms with E-state index in [9.17, 15) is 18.0 Å². The Balaban J connectivity index is 2.92. The summed E-state index contributed by atoms with van der Waals surface area (Å²) in [4.78, 5) is 12.6. The summed E-state index contributed by atoms with van der Waals surface area (Å²) in [6.07, 6.45) is -4.45. The molecule has 0 saturated heterocycles. The first kappa shape index (κ1) is 14.8. The number of hydrogen-bond donors (Lipinski definition) is 0. The third-order valence-corrected chi connectivity index (χ3v) is 2.40. The third-order valence-electron chi connectivity index (χ3n) is 2.23. The number of nitrogens with zero attached hydrogens (tertiary/aromatic N) is 3. The molecule has 0 N–H and O–H groups in total. The van der Waals surface area contributed by atoms with Crippen molar-refractivity contribution in [3.8, 4) is 0 Å². The number of hydrogen-bond acceptors (Lipinski definition) is 2. The van der Waals surface area contributed by atoms with E-state index in [2.05, 4.69) is 5.10 Å². The minimum Gasteiger partial charge on any atom is -0.327 e. The van der Waals surface area contributed by atoms with Gasteiger partial charge in [-0.3, -0.25) is 9.48 Å². The van der Waals surface area contributed by atoms with Crippen LogP contribution in [0.2, 0.25) is 0 Å². The molecule has 0 aliphatic heterocycles. The normalized spacial score (nSPS) is 11.7. The Bertz CT molecular complexity index is 430. The predicted octanol–water partition coefficient (Wildman–Crippen LogP) is 1.97. The van der Waals surface area contributed by atoms with Gasteiger partial charge >= 0.3 is 6.18 Å². The van der Waals surface area contributed by atoms with E-state index in [1.165, 1.54) is 17.8 Å². The molecule has 4 nitrogen and oxygen atoms in total. The summed E-state index contributed by atoms with van der Waals surface area (Å²) in [6.45, 7) is 0.180. The van der Waals surface area contributed by atoms with E-state index in [0.29, 0.717) is 10.6 Å². The number of halogens is 4. The van der Waals surface area contributed by atoms with E-state index in [1.807, 2.05) is 0 Å². The van der Waals surface area contributed by atoms with Crippen LogP contribution in [0.25, 0.3) is 0 Å². The highest BCUT2D eigenvalue weighted by atomic mass is 35.5. The van der Waals surface area contributed by atoms with Crippen LogP contribution >= 0.6 is 11.6 Å². The molecule has 0 unspecified atom stereocenters. The molecule has 0 fully saturated rings. The SMILES string of the molecule is Cc1cc(C(=O)N(CCCl)CC(F)(F)F)n(C)n1. The van der Waals surface area contributed by atoms with Crippen LogP contribution in [0.4, 0.5) is 13.2 Å². The van der Waals surface area contributed by atoms with E-state index >= 15 is 0 Å². The van der Waals surface area contributed by atoms with Gasteiger partial charge in [0, 0.05) is 19.5 Å². The van der Waals surface area contributed by atoms with Gasteiger partial charge in [-0.25, -0.2) is 0 Å². The zero-order valence-corrected chi connectivity index (χ0v) is 10.7. The lowest BCUT2D eigenvalue weighted by Gasteiger charge is -2.22. The van der Waals surface area contributed by atoms with Crippen LogP contribution in [0.3, 0.4) is 0 Å². The molecule has 1 amide bonds. The maximum Gasteiger partial charge on any atom is 0.406 e. The van der Waals surface area contributed by atoms with Crippen molar-refractivity contribution in [2.75, 3.05) is 19.0 Å². The molecular formula is C10H13ClF3N3O. The molecule has 0 radical (unpaired) electrons. The number of carbonyl (C=O) groups is 1. The van der Waals surface area contributed by atoms with Gasteiger partial charge in [-0.1, -0.05) is 0 Å². The summed E-state index contributed by atoms with van der Waals surface area (Å²) >= 11 is 5.42. The average Bonchev–Trinajstić information content (AvgIpc) is 2.54. The number of alkyl halides is 4.